The molecular formula is C58H46N12O13. The van der Waals surface area contributed by atoms with Gasteiger partial charge in [-0.05, 0) is 72.8 Å². The van der Waals surface area contributed by atoms with Gasteiger partial charge in [0.25, 0.3) is 0 Å². The molecule has 0 unspecified atom stereocenters. The molecular weight excluding hydrogens is 1070 g/mol. The summed E-state index contributed by atoms with van der Waals surface area (Å²) in [6.07, 6.45) is 0. The Morgan fingerprint density at radius 3 is 0.530 bits per heavy atom. The van der Waals surface area contributed by atoms with Gasteiger partial charge in [0.2, 0.25) is 0 Å². The molecule has 0 saturated heterocycles. The van der Waals surface area contributed by atoms with E-state index in [1.165, 1.54) is 146 Å². The van der Waals surface area contributed by atoms with E-state index in [1.54, 1.807) is 36.4 Å². The molecule has 0 atom stereocenters. The molecule has 0 N–H and O–H groups in total. The third-order valence-electron chi connectivity index (χ3n) is 11.9. The van der Waals surface area contributed by atoms with Gasteiger partial charge in [-0.1, -0.05) is 109 Å². The summed E-state index contributed by atoms with van der Waals surface area (Å²) in [5.74, 6) is -7.73. The van der Waals surface area contributed by atoms with Crippen LogP contribution in [0.4, 0.5) is 0 Å². The van der Waals surface area contributed by atoms with E-state index in [2.05, 4.69) is 28.7 Å². The molecule has 0 aromatic heterocycles. The molecule has 0 spiro atoms. The first-order chi connectivity index (χ1) is 40.3. The maximum atomic E-state index is 13.9. The minimum absolute atomic E-state index is 0.0754. The normalized spacial score (nSPS) is 11.6. The molecule has 0 aliphatic rings. The number of ether oxygens (including phenoxy) is 7. The highest BCUT2D eigenvalue weighted by atomic mass is 16.6. The number of rotatable bonds is 28. The average Bonchev–Trinajstić information content (AvgIpc) is 3.53. The molecule has 0 aliphatic heterocycles. The SMILES string of the molecule is [N-]=[N+]=C(C(=O)OCC(COCC(COC(=O)C(=[N+]=[N-])c1ccccc1)(COC(=O)C(=[N+]=[N-])c1ccccc1)COC(=O)C(=[N+]=[N-])c1ccccc1)(COC(=O)C(=[N+]=[N-])c1ccccc1)COC(=O)C(=[N+]=[N-])c1ccccc1)c1ccccc1. The summed E-state index contributed by atoms with van der Waals surface area (Å²) >= 11 is 0. The first kappa shape index (κ1) is 60.6. The van der Waals surface area contributed by atoms with Gasteiger partial charge in [-0.25, -0.2) is 28.8 Å². The Morgan fingerprint density at radius 2 is 0.398 bits per heavy atom. The van der Waals surface area contributed by atoms with Crippen LogP contribution in [0.2, 0.25) is 0 Å². The van der Waals surface area contributed by atoms with E-state index in [1.807, 2.05) is 0 Å². The van der Waals surface area contributed by atoms with Crippen molar-refractivity contribution in [1.82, 2.24) is 0 Å². The molecule has 0 radical (unpaired) electrons. The number of nitrogens with zero attached hydrogens (tertiary/aromatic N) is 12. The molecule has 6 aromatic carbocycles. The fourth-order valence-electron chi connectivity index (χ4n) is 7.58. The molecule has 25 heteroatoms. The molecule has 25 nitrogen and oxygen atoms in total. The Morgan fingerprint density at radius 1 is 0.253 bits per heavy atom. The molecule has 0 amide bonds. The van der Waals surface area contributed by atoms with E-state index < -0.39 is 134 Å². The predicted octanol–water partition coefficient (Wildman–Crippen LogP) is 4.55. The minimum Gasteiger partial charge on any atom is -0.456 e. The van der Waals surface area contributed by atoms with Gasteiger partial charge in [0.05, 0.1) is 57.4 Å². The average molecular weight is 1120 g/mol. The number of esters is 6. The molecule has 0 heterocycles. The van der Waals surface area contributed by atoms with Crippen LogP contribution in [-0.4, -0.2) is 152 Å². The fraction of sp³-hybridized carbons (Fsp3) is 0.172. The van der Waals surface area contributed by atoms with E-state index in [4.69, 9.17) is 33.2 Å². The van der Waals surface area contributed by atoms with Crippen LogP contribution in [0, 0.1) is 10.8 Å². The van der Waals surface area contributed by atoms with Gasteiger partial charge in [0, 0.05) is 0 Å². The zero-order chi connectivity index (χ0) is 59.5. The lowest BCUT2D eigenvalue weighted by Crippen LogP contribution is -2.48. The van der Waals surface area contributed by atoms with Crippen molar-refractivity contribution in [3.05, 3.63) is 249 Å². The van der Waals surface area contributed by atoms with Gasteiger partial charge in [-0.3, -0.25) is 0 Å². The van der Waals surface area contributed by atoms with Crippen LogP contribution in [0.25, 0.3) is 33.2 Å². The van der Waals surface area contributed by atoms with E-state index >= 15 is 0 Å². The highest BCUT2D eigenvalue weighted by Crippen LogP contribution is 2.27. The van der Waals surface area contributed by atoms with Crippen LogP contribution in [0.15, 0.2) is 182 Å². The van der Waals surface area contributed by atoms with Crippen molar-refractivity contribution in [2.75, 3.05) is 52.9 Å². The lowest BCUT2D eigenvalue weighted by atomic mass is 9.90. The maximum Gasteiger partial charge on any atom is 0.422 e. The second-order valence-electron chi connectivity index (χ2n) is 17.8. The summed E-state index contributed by atoms with van der Waals surface area (Å²) < 4.78 is 40.6. The third kappa shape index (κ3) is 16.7. The van der Waals surface area contributed by atoms with E-state index in [9.17, 15) is 62.0 Å². The molecule has 0 fully saturated rings. The molecule has 0 aliphatic carbocycles. The molecule has 6 aromatic rings. The van der Waals surface area contributed by atoms with Crippen LogP contribution in [-0.2, 0) is 61.9 Å². The van der Waals surface area contributed by atoms with Crippen molar-refractivity contribution in [1.29, 1.82) is 0 Å². The largest absolute Gasteiger partial charge is 0.456 e. The van der Waals surface area contributed by atoms with E-state index in [0.717, 1.165) is 0 Å². The highest BCUT2D eigenvalue weighted by Gasteiger charge is 2.45. The third-order valence-corrected chi connectivity index (χ3v) is 11.9. The van der Waals surface area contributed by atoms with Gasteiger partial charge < -0.3 is 66.3 Å². The van der Waals surface area contributed by atoms with Gasteiger partial charge in [0.1, 0.15) is 39.6 Å². The van der Waals surface area contributed by atoms with Crippen molar-refractivity contribution >= 4 is 70.1 Å². The van der Waals surface area contributed by atoms with Crippen molar-refractivity contribution in [2.24, 2.45) is 10.8 Å². The second kappa shape index (κ2) is 30.5. The number of hydrogen-bond acceptors (Lipinski definition) is 13. The van der Waals surface area contributed by atoms with Crippen molar-refractivity contribution in [2.45, 2.75) is 0 Å². The predicted molar refractivity (Wildman–Crippen MR) is 286 cm³/mol. The Labute approximate surface area is 471 Å². The Kier molecular flexibility index (Phi) is 22.3. The first-order valence-electron chi connectivity index (χ1n) is 24.6. The number of hydrogen-bond donors (Lipinski definition) is 0. The summed E-state index contributed by atoms with van der Waals surface area (Å²) in [6.45, 7) is -7.69. The molecule has 416 valence electrons. The Bertz CT molecular complexity index is 3040. The highest BCUT2D eigenvalue weighted by molar-refractivity contribution is 6.43. The number of carbonyl (C=O) groups is 6. The number of carbonyl (C=O) groups excluding carboxylic acids is 6. The standard InChI is InChI=1S/C58H46N12O13/c59-65-45(39-19-7-1-8-20-39)51(71)78-33-57(34-79-52(72)46(66-60)40-21-9-2-10-22-40,35-80-53(73)47(67-61)41-23-11-3-12-24-41)31-77-32-58(36-81-54(74)48(68-62)42-25-13-4-14-26-42,37-82-55(75)49(69-63)43-27-15-5-16-28-43)38-83-56(76)50(70-64)44-29-17-6-18-30-44/h1-30H,31-38H2. The fourth-order valence-corrected chi connectivity index (χ4v) is 7.58. The van der Waals surface area contributed by atoms with Crippen LogP contribution >= 0.6 is 0 Å². The smallest absolute Gasteiger partial charge is 0.422 e. The Hall–Kier alpha value is -11.6. The Balaban J connectivity index is 1.46. The zero-order valence-corrected chi connectivity index (χ0v) is 43.7. The minimum atomic E-state index is -2.17. The maximum absolute atomic E-state index is 13.9. The lowest BCUT2D eigenvalue weighted by molar-refractivity contribution is -0.171. The summed E-state index contributed by atoms with van der Waals surface area (Å²) in [6, 6.07) is 45.0. The van der Waals surface area contributed by atoms with E-state index in [-0.39, 0.29) is 33.4 Å². The topological polar surface area (TPSA) is 385 Å². The van der Waals surface area contributed by atoms with Crippen LogP contribution in [0.3, 0.4) is 0 Å². The summed E-state index contributed by atoms with van der Waals surface area (Å²) in [5, 5.41) is 0. The zero-order valence-electron chi connectivity index (χ0n) is 43.7. The molecule has 83 heavy (non-hydrogen) atoms. The second-order valence-corrected chi connectivity index (χ2v) is 17.8. The monoisotopic (exact) mass is 1120 g/mol. The molecule has 6 rings (SSSR count). The van der Waals surface area contributed by atoms with Gasteiger partial charge in [-0.15, -0.1) is 0 Å². The van der Waals surface area contributed by atoms with Crippen LogP contribution in [0.5, 0.6) is 0 Å². The van der Waals surface area contributed by atoms with Gasteiger partial charge in [-0.2, -0.15) is 28.7 Å². The van der Waals surface area contributed by atoms with E-state index in [0.29, 0.717) is 0 Å². The first-order valence-corrected chi connectivity index (χ1v) is 24.6. The molecule has 0 saturated carbocycles. The van der Waals surface area contributed by atoms with Crippen molar-refractivity contribution in [3.63, 3.8) is 0 Å². The number of benzene rings is 6. The molecule has 0 bridgehead atoms. The summed E-state index contributed by atoms with van der Waals surface area (Å²) in [4.78, 5) is 102. The van der Waals surface area contributed by atoms with Crippen molar-refractivity contribution < 1.29 is 90.7 Å². The van der Waals surface area contributed by atoms with Crippen molar-refractivity contribution in [3.8, 4) is 0 Å². The van der Waals surface area contributed by atoms with Gasteiger partial charge in [0.15, 0.2) is 0 Å². The van der Waals surface area contributed by atoms with Crippen LogP contribution in [0.1, 0.15) is 33.4 Å². The lowest BCUT2D eigenvalue weighted by Gasteiger charge is -2.35. The van der Waals surface area contributed by atoms with Gasteiger partial charge >= 0.3 is 70.1 Å². The quantitative estimate of drug-likeness (QED) is 0.0214. The summed E-state index contributed by atoms with van der Waals surface area (Å²) in [7, 11) is 0. The van der Waals surface area contributed by atoms with Crippen LogP contribution < -0.4 is 0 Å². The summed E-state index contributed by atoms with van der Waals surface area (Å²) in [5.41, 5.74) is 52.7.